The molecule has 160 valence electrons. The Morgan fingerprint density at radius 2 is 2.03 bits per heavy atom. The first-order valence-corrected chi connectivity index (χ1v) is 10.8. The second-order valence-electron chi connectivity index (χ2n) is 9.19. The first-order valence-electron chi connectivity index (χ1n) is 10.4. The van der Waals surface area contributed by atoms with Crippen LogP contribution < -0.4 is 10.2 Å². The van der Waals surface area contributed by atoms with E-state index in [0.717, 1.165) is 5.56 Å². The van der Waals surface area contributed by atoms with Gasteiger partial charge in [0.05, 0.1) is 24.6 Å². The summed E-state index contributed by atoms with van der Waals surface area (Å²) >= 11 is 6.42. The molecule has 0 radical (unpaired) electrons. The van der Waals surface area contributed by atoms with Crippen molar-refractivity contribution < 1.29 is 14.3 Å². The van der Waals surface area contributed by atoms with Crippen molar-refractivity contribution in [3.63, 3.8) is 0 Å². The highest BCUT2D eigenvalue weighted by molar-refractivity contribution is 6.31. The molecule has 1 unspecified atom stereocenters. The van der Waals surface area contributed by atoms with Crippen LogP contribution in [-0.4, -0.2) is 28.7 Å². The van der Waals surface area contributed by atoms with Crippen molar-refractivity contribution in [2.24, 2.45) is 11.3 Å². The minimum atomic E-state index is -0.605. The van der Waals surface area contributed by atoms with Gasteiger partial charge in [-0.15, -0.1) is 0 Å². The average molecular weight is 431 g/mol. The van der Waals surface area contributed by atoms with Crippen LogP contribution in [-0.2, 0) is 11.2 Å². The number of rotatable bonds is 5. The van der Waals surface area contributed by atoms with Gasteiger partial charge in [-0.25, -0.2) is 9.78 Å². The Balaban J connectivity index is 1.83. The molecule has 2 aromatic rings. The molecule has 30 heavy (non-hydrogen) atoms. The van der Waals surface area contributed by atoms with Crippen molar-refractivity contribution in [2.75, 3.05) is 13.2 Å². The highest BCUT2D eigenvalue weighted by Crippen LogP contribution is 2.44. The summed E-state index contributed by atoms with van der Waals surface area (Å²) in [7, 11) is 0. The normalized spacial score (nSPS) is 17.8. The lowest BCUT2D eigenvalue weighted by Gasteiger charge is -2.38. The number of pyridine rings is 2. The van der Waals surface area contributed by atoms with Crippen molar-refractivity contribution >= 4 is 17.6 Å². The van der Waals surface area contributed by atoms with Gasteiger partial charge in [0.2, 0.25) is 0 Å². The zero-order valence-electron chi connectivity index (χ0n) is 17.8. The van der Waals surface area contributed by atoms with Crippen molar-refractivity contribution in [3.8, 4) is 17.1 Å². The molecule has 3 heterocycles. The largest absolute Gasteiger partial charge is 0.490 e. The lowest BCUT2D eigenvalue weighted by molar-refractivity contribution is 0.0523. The van der Waals surface area contributed by atoms with Crippen LogP contribution in [0.1, 0.15) is 62.5 Å². The van der Waals surface area contributed by atoms with Crippen LogP contribution in [0.3, 0.4) is 0 Å². The van der Waals surface area contributed by atoms with E-state index in [2.05, 4.69) is 25.8 Å². The molecule has 0 N–H and O–H groups in total. The van der Waals surface area contributed by atoms with E-state index >= 15 is 0 Å². The summed E-state index contributed by atoms with van der Waals surface area (Å²) in [5.41, 5.74) is 1.84. The Labute approximate surface area is 181 Å². The summed E-state index contributed by atoms with van der Waals surface area (Å²) in [4.78, 5) is 29.6. The van der Waals surface area contributed by atoms with E-state index in [0.29, 0.717) is 36.1 Å². The fraction of sp³-hybridized carbons (Fsp3) is 0.522. The van der Waals surface area contributed by atoms with E-state index in [9.17, 15) is 9.59 Å². The van der Waals surface area contributed by atoms with E-state index in [4.69, 9.17) is 21.1 Å². The molecule has 2 aromatic heterocycles. The number of halogens is 1. The highest BCUT2D eigenvalue weighted by atomic mass is 35.5. The molecule has 0 bridgehead atoms. The van der Waals surface area contributed by atoms with E-state index in [1.807, 2.05) is 10.6 Å². The van der Waals surface area contributed by atoms with Gasteiger partial charge in [0.25, 0.3) is 0 Å². The molecule has 0 amide bonds. The molecule has 7 heteroatoms. The Hall–Kier alpha value is -2.34. The maximum absolute atomic E-state index is 12.7. The van der Waals surface area contributed by atoms with E-state index < -0.39 is 5.97 Å². The maximum atomic E-state index is 12.7. The molecular formula is C23H27ClN2O4. The molecule has 6 nitrogen and oxygen atoms in total. The lowest BCUT2D eigenvalue weighted by Crippen LogP contribution is -2.33. The zero-order chi connectivity index (χ0) is 21.6. The Morgan fingerprint density at radius 3 is 2.67 bits per heavy atom. The van der Waals surface area contributed by atoms with Gasteiger partial charge in [0.15, 0.2) is 16.3 Å². The number of hydrogen-bond acceptors (Lipinski definition) is 5. The van der Waals surface area contributed by atoms with Crippen LogP contribution in [0.4, 0.5) is 0 Å². The first-order chi connectivity index (χ1) is 14.2. The van der Waals surface area contributed by atoms with Crippen LogP contribution in [0.5, 0.6) is 5.75 Å². The smallest absolute Gasteiger partial charge is 0.343 e. The molecule has 1 aliphatic carbocycles. The Bertz CT molecular complexity index is 1050. The molecule has 1 aliphatic heterocycles. The van der Waals surface area contributed by atoms with Crippen LogP contribution in [0, 0.1) is 11.3 Å². The predicted octanol–water partition coefficient (Wildman–Crippen LogP) is 4.67. The van der Waals surface area contributed by atoms with E-state index in [1.165, 1.54) is 18.9 Å². The van der Waals surface area contributed by atoms with Crippen LogP contribution >= 0.6 is 11.6 Å². The minimum Gasteiger partial charge on any atom is -0.490 e. The summed E-state index contributed by atoms with van der Waals surface area (Å²) in [6.07, 6.45) is 4.70. The van der Waals surface area contributed by atoms with Crippen LogP contribution in [0.25, 0.3) is 11.4 Å². The maximum Gasteiger partial charge on any atom is 0.343 e. The predicted molar refractivity (Wildman–Crippen MR) is 115 cm³/mol. The number of hydrogen-bond donors (Lipinski definition) is 0. The van der Waals surface area contributed by atoms with Crippen molar-refractivity contribution in [3.05, 3.63) is 44.8 Å². The third-order valence-electron chi connectivity index (χ3n) is 5.76. The Morgan fingerprint density at radius 1 is 1.30 bits per heavy atom. The van der Waals surface area contributed by atoms with Crippen molar-refractivity contribution in [1.82, 2.24) is 9.55 Å². The summed E-state index contributed by atoms with van der Waals surface area (Å²) in [6.45, 7) is 9.01. The van der Waals surface area contributed by atoms with Gasteiger partial charge in [-0.2, -0.15) is 0 Å². The average Bonchev–Trinajstić information content (AvgIpc) is 3.49. The highest BCUT2D eigenvalue weighted by Gasteiger charge is 2.35. The second kappa shape index (κ2) is 7.73. The number of carbonyl (C=O) groups excluding carboxylic acids is 1. The van der Waals surface area contributed by atoms with E-state index in [-0.39, 0.29) is 34.2 Å². The van der Waals surface area contributed by atoms with E-state index in [1.54, 1.807) is 13.1 Å². The van der Waals surface area contributed by atoms with Gasteiger partial charge in [0.1, 0.15) is 5.56 Å². The minimum absolute atomic E-state index is 0.0213. The molecular weight excluding hydrogens is 404 g/mol. The standard InChI is InChI=1S/C23H27ClN2O4/c1-5-29-22(28)15-11-26-16(10-17(15)27)20-14(9-19(26)23(2,3)4)8-18(21(24)25-20)30-12-13-6-7-13/h8,10-11,13,19H,5-7,9,12H2,1-4H3. The summed E-state index contributed by atoms with van der Waals surface area (Å²) in [5, 5.41) is 0.289. The van der Waals surface area contributed by atoms with Crippen molar-refractivity contribution in [2.45, 2.75) is 53.0 Å². The summed E-state index contributed by atoms with van der Waals surface area (Å²) in [5.74, 6) is 0.597. The molecule has 4 rings (SSSR count). The molecule has 0 saturated heterocycles. The lowest BCUT2D eigenvalue weighted by atomic mass is 9.80. The SMILES string of the molecule is CCOC(=O)c1cn2c(cc1=O)-c1nc(Cl)c(OCC3CC3)cc1CC2C(C)(C)C. The number of carbonyl (C=O) groups is 1. The van der Waals surface area contributed by atoms with Gasteiger partial charge < -0.3 is 14.0 Å². The topological polar surface area (TPSA) is 70.4 Å². The fourth-order valence-corrected chi connectivity index (χ4v) is 4.07. The monoisotopic (exact) mass is 430 g/mol. The molecule has 1 saturated carbocycles. The van der Waals surface area contributed by atoms with Gasteiger partial charge in [-0.3, -0.25) is 4.79 Å². The first kappa shape index (κ1) is 20.9. The number of esters is 1. The second-order valence-corrected chi connectivity index (χ2v) is 9.55. The third-order valence-corrected chi connectivity index (χ3v) is 6.03. The molecule has 1 fully saturated rings. The summed E-state index contributed by atoms with van der Waals surface area (Å²) < 4.78 is 13.0. The fourth-order valence-electron chi connectivity index (χ4n) is 3.87. The summed E-state index contributed by atoms with van der Waals surface area (Å²) in [6, 6.07) is 3.45. The van der Waals surface area contributed by atoms with Crippen LogP contribution in [0.2, 0.25) is 5.15 Å². The van der Waals surface area contributed by atoms with Crippen LogP contribution in [0.15, 0.2) is 23.1 Å². The Kier molecular flexibility index (Phi) is 5.39. The van der Waals surface area contributed by atoms with Gasteiger partial charge in [-0.05, 0) is 49.1 Å². The third kappa shape index (κ3) is 3.97. The zero-order valence-corrected chi connectivity index (χ0v) is 18.6. The van der Waals surface area contributed by atoms with Crippen molar-refractivity contribution in [1.29, 1.82) is 0 Å². The molecule has 1 atom stereocenters. The number of nitrogens with zero attached hydrogens (tertiary/aromatic N) is 2. The number of aromatic nitrogens is 2. The number of ether oxygens (including phenoxy) is 2. The molecule has 0 aromatic carbocycles. The van der Waals surface area contributed by atoms with Gasteiger partial charge in [0, 0.05) is 18.3 Å². The quantitative estimate of drug-likeness (QED) is 0.509. The molecule has 2 aliphatic rings. The van der Waals surface area contributed by atoms with Gasteiger partial charge in [-0.1, -0.05) is 32.4 Å². The van der Waals surface area contributed by atoms with Gasteiger partial charge >= 0.3 is 5.97 Å². The number of fused-ring (bicyclic) bond motifs is 3. The molecule has 0 spiro atoms.